The predicted octanol–water partition coefficient (Wildman–Crippen LogP) is 2.34. The summed E-state index contributed by atoms with van der Waals surface area (Å²) in [6.45, 7) is 1.64. The van der Waals surface area contributed by atoms with Gasteiger partial charge in [0, 0.05) is 39.8 Å². The van der Waals surface area contributed by atoms with Gasteiger partial charge in [-0.15, -0.1) is 11.3 Å². The Morgan fingerprint density at radius 1 is 1.40 bits per heavy atom. The first-order valence-corrected chi connectivity index (χ1v) is 8.32. The molecule has 0 amide bonds. The third-order valence-electron chi connectivity index (χ3n) is 3.59. The first kappa shape index (κ1) is 16.8. The van der Waals surface area contributed by atoms with E-state index in [9.17, 15) is 9.59 Å². The molecular formula is C17H16N4O3S. The molecule has 0 aliphatic rings. The van der Waals surface area contributed by atoms with E-state index in [1.807, 2.05) is 37.7 Å². The van der Waals surface area contributed by atoms with E-state index in [0.717, 1.165) is 15.3 Å². The summed E-state index contributed by atoms with van der Waals surface area (Å²) in [4.78, 5) is 31.8. The highest BCUT2D eigenvalue weighted by Gasteiger charge is 2.11. The fraction of sp³-hybridized carbons (Fsp3) is 0.176. The van der Waals surface area contributed by atoms with E-state index in [0.29, 0.717) is 11.5 Å². The number of H-pyrrole nitrogens is 1. The molecule has 0 radical (unpaired) electrons. The summed E-state index contributed by atoms with van der Waals surface area (Å²) >= 11 is 1.60. The molecule has 7 nitrogen and oxygen atoms in total. The largest absolute Gasteiger partial charge is 0.481 e. The molecule has 0 saturated carbocycles. The number of aromatic amines is 1. The van der Waals surface area contributed by atoms with Crippen LogP contribution in [-0.2, 0) is 18.3 Å². The van der Waals surface area contributed by atoms with Gasteiger partial charge in [-0.1, -0.05) is 0 Å². The standard InChI is InChI=1S/C17H16N4O3S/c1-10-13(7-16(22)23)17(24)20-15(19-10)6-4-12-3-5-14(25-12)11-8-18-21(2)9-11/h3-6,8-9H,7H2,1-2H3,(H,22,23)(H,19,20,24)/b6-4+. The number of nitrogens with zero attached hydrogens (tertiary/aromatic N) is 3. The molecule has 3 rings (SSSR count). The second-order valence-corrected chi connectivity index (χ2v) is 6.64. The lowest BCUT2D eigenvalue weighted by atomic mass is 10.2. The minimum atomic E-state index is -1.06. The number of thiophene rings is 1. The molecule has 0 unspecified atom stereocenters. The van der Waals surface area contributed by atoms with Crippen LogP contribution in [0.3, 0.4) is 0 Å². The van der Waals surface area contributed by atoms with E-state index in [4.69, 9.17) is 5.11 Å². The average molecular weight is 356 g/mol. The number of aliphatic carboxylic acids is 1. The molecule has 0 aliphatic carbocycles. The van der Waals surface area contributed by atoms with E-state index >= 15 is 0 Å². The zero-order valence-electron chi connectivity index (χ0n) is 13.7. The van der Waals surface area contributed by atoms with Crippen molar-refractivity contribution in [2.24, 2.45) is 7.05 Å². The zero-order valence-corrected chi connectivity index (χ0v) is 14.5. The van der Waals surface area contributed by atoms with Crippen LogP contribution in [0.5, 0.6) is 0 Å². The molecule has 0 bridgehead atoms. The summed E-state index contributed by atoms with van der Waals surface area (Å²) < 4.78 is 1.75. The van der Waals surface area contributed by atoms with Crippen molar-refractivity contribution in [3.8, 4) is 10.4 Å². The van der Waals surface area contributed by atoms with E-state index in [1.165, 1.54) is 0 Å². The summed E-state index contributed by atoms with van der Waals surface area (Å²) in [5.74, 6) is -0.659. The lowest BCUT2D eigenvalue weighted by molar-refractivity contribution is -0.136. The van der Waals surface area contributed by atoms with Crippen molar-refractivity contribution in [1.82, 2.24) is 19.7 Å². The number of carboxylic acids is 1. The van der Waals surface area contributed by atoms with Crippen molar-refractivity contribution < 1.29 is 9.90 Å². The lowest BCUT2D eigenvalue weighted by Crippen LogP contribution is -2.20. The van der Waals surface area contributed by atoms with Gasteiger partial charge in [0.25, 0.3) is 5.56 Å². The minimum absolute atomic E-state index is 0.180. The van der Waals surface area contributed by atoms with Crippen molar-refractivity contribution in [1.29, 1.82) is 0 Å². The van der Waals surface area contributed by atoms with Crippen LogP contribution in [0.2, 0.25) is 0 Å². The van der Waals surface area contributed by atoms with Gasteiger partial charge in [0.2, 0.25) is 0 Å². The third-order valence-corrected chi connectivity index (χ3v) is 4.69. The normalized spacial score (nSPS) is 11.3. The number of rotatable bonds is 5. The molecule has 3 aromatic heterocycles. The van der Waals surface area contributed by atoms with Gasteiger partial charge in [-0.2, -0.15) is 5.10 Å². The van der Waals surface area contributed by atoms with Gasteiger partial charge in [-0.05, 0) is 31.2 Å². The van der Waals surface area contributed by atoms with Crippen LogP contribution in [-0.4, -0.2) is 30.8 Å². The van der Waals surface area contributed by atoms with Gasteiger partial charge >= 0.3 is 5.97 Å². The van der Waals surface area contributed by atoms with Gasteiger partial charge in [-0.25, -0.2) is 4.98 Å². The Hall–Kier alpha value is -3.00. The molecule has 0 aliphatic heterocycles. The molecule has 3 heterocycles. The summed E-state index contributed by atoms with van der Waals surface area (Å²) in [5.41, 5.74) is 1.23. The second kappa shape index (κ2) is 6.86. The summed E-state index contributed by atoms with van der Waals surface area (Å²) in [7, 11) is 1.87. The number of hydrogen-bond acceptors (Lipinski definition) is 5. The molecule has 0 atom stereocenters. The predicted molar refractivity (Wildman–Crippen MR) is 96.4 cm³/mol. The highest BCUT2D eigenvalue weighted by molar-refractivity contribution is 7.16. The number of aryl methyl sites for hydroxylation is 2. The van der Waals surface area contributed by atoms with Crippen LogP contribution in [0, 0.1) is 6.92 Å². The molecule has 0 aromatic carbocycles. The van der Waals surface area contributed by atoms with E-state index in [2.05, 4.69) is 15.1 Å². The smallest absolute Gasteiger partial charge is 0.308 e. The summed E-state index contributed by atoms with van der Waals surface area (Å²) in [6.07, 6.45) is 6.99. The van der Waals surface area contributed by atoms with Gasteiger partial charge in [-0.3, -0.25) is 14.3 Å². The monoisotopic (exact) mass is 356 g/mol. The van der Waals surface area contributed by atoms with Crippen molar-refractivity contribution in [2.45, 2.75) is 13.3 Å². The molecule has 25 heavy (non-hydrogen) atoms. The minimum Gasteiger partial charge on any atom is -0.481 e. The van der Waals surface area contributed by atoms with Crippen LogP contribution in [0.4, 0.5) is 0 Å². The maximum absolute atomic E-state index is 12.0. The highest BCUT2D eigenvalue weighted by Crippen LogP contribution is 2.28. The number of aromatic nitrogens is 4. The number of hydrogen-bond donors (Lipinski definition) is 2. The quantitative estimate of drug-likeness (QED) is 0.731. The molecular weight excluding hydrogens is 340 g/mol. The van der Waals surface area contributed by atoms with E-state index in [1.54, 1.807) is 29.0 Å². The molecule has 8 heteroatoms. The molecule has 128 valence electrons. The van der Waals surface area contributed by atoms with Crippen LogP contribution in [0.15, 0.2) is 29.3 Å². The SMILES string of the molecule is Cc1nc(/C=C/c2ccc(-c3cnn(C)c3)s2)[nH]c(=O)c1CC(=O)O. The van der Waals surface area contributed by atoms with Crippen molar-refractivity contribution >= 4 is 29.5 Å². The summed E-state index contributed by atoms with van der Waals surface area (Å²) in [5, 5.41) is 13.0. The maximum Gasteiger partial charge on any atom is 0.308 e. The second-order valence-electron chi connectivity index (χ2n) is 5.52. The van der Waals surface area contributed by atoms with Crippen LogP contribution in [0.1, 0.15) is 22.0 Å². The number of nitrogens with one attached hydrogen (secondary N) is 1. The third kappa shape index (κ3) is 3.92. The van der Waals surface area contributed by atoms with Gasteiger partial charge in [0.15, 0.2) is 0 Å². The van der Waals surface area contributed by atoms with Gasteiger partial charge in [0.05, 0.1) is 12.6 Å². The lowest BCUT2D eigenvalue weighted by Gasteiger charge is -2.02. The van der Waals surface area contributed by atoms with Crippen molar-refractivity contribution in [2.75, 3.05) is 0 Å². The van der Waals surface area contributed by atoms with E-state index in [-0.39, 0.29) is 12.0 Å². The fourth-order valence-corrected chi connectivity index (χ4v) is 3.26. The maximum atomic E-state index is 12.0. The Kier molecular flexibility index (Phi) is 4.62. The molecule has 2 N–H and O–H groups in total. The van der Waals surface area contributed by atoms with Crippen molar-refractivity contribution in [3.63, 3.8) is 0 Å². The Morgan fingerprint density at radius 3 is 2.84 bits per heavy atom. The van der Waals surface area contributed by atoms with Crippen molar-refractivity contribution in [3.05, 3.63) is 56.8 Å². The number of carbonyl (C=O) groups is 1. The summed E-state index contributed by atoms with van der Waals surface area (Å²) in [6, 6.07) is 3.99. The van der Waals surface area contributed by atoms with Crippen LogP contribution >= 0.6 is 11.3 Å². The Balaban J connectivity index is 1.82. The topological polar surface area (TPSA) is 101 Å². The molecule has 3 aromatic rings. The first-order chi connectivity index (χ1) is 11.9. The van der Waals surface area contributed by atoms with Gasteiger partial charge in [0.1, 0.15) is 5.82 Å². The van der Waals surface area contributed by atoms with E-state index < -0.39 is 11.5 Å². The number of carboxylic acid groups (broad SMARTS) is 1. The highest BCUT2D eigenvalue weighted by atomic mass is 32.1. The first-order valence-electron chi connectivity index (χ1n) is 7.51. The van der Waals surface area contributed by atoms with Crippen LogP contribution < -0.4 is 5.56 Å². The molecule has 0 spiro atoms. The Morgan fingerprint density at radius 2 is 2.20 bits per heavy atom. The zero-order chi connectivity index (χ0) is 18.0. The van der Waals surface area contributed by atoms with Gasteiger partial charge < -0.3 is 10.1 Å². The average Bonchev–Trinajstić information content (AvgIpc) is 3.17. The molecule has 0 saturated heterocycles. The van der Waals surface area contributed by atoms with Crippen LogP contribution in [0.25, 0.3) is 22.6 Å². The molecule has 0 fully saturated rings. The Labute approximate surface area is 147 Å². The Bertz CT molecular complexity index is 1010. The fourth-order valence-electron chi connectivity index (χ4n) is 2.38.